The summed E-state index contributed by atoms with van der Waals surface area (Å²) in [7, 11) is 1.59. The highest BCUT2D eigenvalue weighted by Crippen LogP contribution is 2.29. The average molecular weight is 349 g/mol. The summed E-state index contributed by atoms with van der Waals surface area (Å²) in [6.07, 6.45) is 0.889. The van der Waals surface area contributed by atoms with Gasteiger partial charge in [-0.3, -0.25) is 4.79 Å². The highest BCUT2D eigenvalue weighted by atomic mass is 79.9. The monoisotopic (exact) mass is 348 g/mol. The molecule has 2 aromatic rings. The van der Waals surface area contributed by atoms with E-state index in [9.17, 15) is 4.79 Å². The van der Waals surface area contributed by atoms with Gasteiger partial charge in [-0.15, -0.1) is 0 Å². The Kier molecular flexibility index (Phi) is 5.81. The molecule has 0 amide bonds. The topological polar surface area (TPSA) is 35.5 Å². The van der Waals surface area contributed by atoms with Gasteiger partial charge in [0.25, 0.3) is 0 Å². The SMILES string of the molecule is COc1ccc(C(=O)c2ccccc2)cc1OCCCBr. The fraction of sp³-hybridized carbons (Fsp3) is 0.235. The van der Waals surface area contributed by atoms with Gasteiger partial charge in [0.2, 0.25) is 0 Å². The van der Waals surface area contributed by atoms with Gasteiger partial charge in [-0.2, -0.15) is 0 Å². The van der Waals surface area contributed by atoms with Crippen molar-refractivity contribution in [1.82, 2.24) is 0 Å². The normalized spacial score (nSPS) is 10.2. The number of hydrogen-bond acceptors (Lipinski definition) is 3. The predicted molar refractivity (Wildman–Crippen MR) is 86.8 cm³/mol. The lowest BCUT2D eigenvalue weighted by Crippen LogP contribution is -2.04. The minimum Gasteiger partial charge on any atom is -0.493 e. The molecule has 2 rings (SSSR count). The largest absolute Gasteiger partial charge is 0.493 e. The van der Waals surface area contributed by atoms with E-state index in [-0.39, 0.29) is 5.78 Å². The Balaban J connectivity index is 2.24. The summed E-state index contributed by atoms with van der Waals surface area (Å²) in [6, 6.07) is 14.5. The van der Waals surface area contributed by atoms with Crippen LogP contribution in [0.2, 0.25) is 0 Å². The van der Waals surface area contributed by atoms with Crippen molar-refractivity contribution in [2.45, 2.75) is 6.42 Å². The Morgan fingerprint density at radius 3 is 2.48 bits per heavy atom. The predicted octanol–water partition coefficient (Wildman–Crippen LogP) is 4.09. The van der Waals surface area contributed by atoms with E-state index in [4.69, 9.17) is 9.47 Å². The van der Waals surface area contributed by atoms with E-state index in [1.54, 1.807) is 37.4 Å². The molecule has 0 atom stereocenters. The Hall–Kier alpha value is -1.81. The number of halogens is 1. The van der Waals surface area contributed by atoms with Gasteiger partial charge in [0, 0.05) is 16.5 Å². The van der Waals surface area contributed by atoms with Gasteiger partial charge in [0.15, 0.2) is 17.3 Å². The average Bonchev–Trinajstić information content (AvgIpc) is 2.55. The van der Waals surface area contributed by atoms with Crippen molar-refractivity contribution in [2.75, 3.05) is 19.0 Å². The van der Waals surface area contributed by atoms with Crippen molar-refractivity contribution < 1.29 is 14.3 Å². The van der Waals surface area contributed by atoms with Crippen LogP contribution in [0.25, 0.3) is 0 Å². The van der Waals surface area contributed by atoms with Crippen molar-refractivity contribution in [2.24, 2.45) is 0 Å². The van der Waals surface area contributed by atoms with Crippen LogP contribution in [0.3, 0.4) is 0 Å². The Bertz CT molecular complexity index is 596. The van der Waals surface area contributed by atoms with Crippen LogP contribution in [0.4, 0.5) is 0 Å². The van der Waals surface area contributed by atoms with Gasteiger partial charge >= 0.3 is 0 Å². The zero-order valence-electron chi connectivity index (χ0n) is 11.8. The van der Waals surface area contributed by atoms with Crippen LogP contribution < -0.4 is 9.47 Å². The minimum absolute atomic E-state index is 0.0244. The second-order valence-corrected chi connectivity index (χ2v) is 5.24. The summed E-state index contributed by atoms with van der Waals surface area (Å²) in [6.45, 7) is 0.574. The summed E-state index contributed by atoms with van der Waals surface area (Å²) in [5.74, 6) is 1.21. The molecule has 21 heavy (non-hydrogen) atoms. The minimum atomic E-state index is -0.0244. The first-order valence-electron chi connectivity index (χ1n) is 6.73. The summed E-state index contributed by atoms with van der Waals surface area (Å²) >= 11 is 3.36. The number of methoxy groups -OCH3 is 1. The quantitative estimate of drug-likeness (QED) is 0.429. The van der Waals surface area contributed by atoms with Crippen LogP contribution in [0.5, 0.6) is 11.5 Å². The number of ketones is 1. The van der Waals surface area contributed by atoms with E-state index >= 15 is 0 Å². The molecule has 0 spiro atoms. The van der Waals surface area contributed by atoms with Crippen molar-refractivity contribution in [3.63, 3.8) is 0 Å². The van der Waals surface area contributed by atoms with Crippen LogP contribution in [0.15, 0.2) is 48.5 Å². The molecule has 0 heterocycles. The molecule has 0 aliphatic rings. The number of ether oxygens (including phenoxy) is 2. The van der Waals surface area contributed by atoms with E-state index in [1.165, 1.54) is 0 Å². The fourth-order valence-electron chi connectivity index (χ4n) is 1.92. The van der Waals surface area contributed by atoms with Crippen molar-refractivity contribution >= 4 is 21.7 Å². The Morgan fingerprint density at radius 1 is 1.05 bits per heavy atom. The van der Waals surface area contributed by atoms with E-state index in [0.29, 0.717) is 29.2 Å². The van der Waals surface area contributed by atoms with Crippen molar-refractivity contribution in [1.29, 1.82) is 0 Å². The molecule has 0 unspecified atom stereocenters. The summed E-state index contributed by atoms with van der Waals surface area (Å²) < 4.78 is 11.0. The Labute approximate surface area is 133 Å². The smallest absolute Gasteiger partial charge is 0.193 e. The summed E-state index contributed by atoms with van der Waals surface area (Å²) in [4.78, 5) is 12.4. The lowest BCUT2D eigenvalue weighted by Gasteiger charge is -2.11. The maximum Gasteiger partial charge on any atom is 0.193 e. The van der Waals surface area contributed by atoms with Crippen LogP contribution >= 0.6 is 15.9 Å². The number of benzene rings is 2. The first kappa shape index (κ1) is 15.6. The van der Waals surface area contributed by atoms with Gasteiger partial charge in [-0.05, 0) is 24.6 Å². The van der Waals surface area contributed by atoms with Gasteiger partial charge < -0.3 is 9.47 Å². The molecule has 3 nitrogen and oxygen atoms in total. The molecule has 0 aromatic heterocycles. The van der Waals surface area contributed by atoms with Crippen LogP contribution in [0, 0.1) is 0 Å². The molecule has 0 fully saturated rings. The molecule has 0 bridgehead atoms. The lowest BCUT2D eigenvalue weighted by molar-refractivity contribution is 0.103. The highest BCUT2D eigenvalue weighted by molar-refractivity contribution is 9.09. The maximum atomic E-state index is 12.4. The second kappa shape index (κ2) is 7.84. The number of carbonyl (C=O) groups excluding carboxylic acids is 1. The van der Waals surface area contributed by atoms with Crippen LogP contribution in [-0.2, 0) is 0 Å². The zero-order chi connectivity index (χ0) is 15.1. The molecule has 0 saturated heterocycles. The molecular formula is C17H17BrO3. The standard InChI is InChI=1S/C17H17BrO3/c1-20-15-9-8-14(12-16(15)21-11-5-10-18)17(19)13-6-3-2-4-7-13/h2-4,6-9,12H,5,10-11H2,1H3. The van der Waals surface area contributed by atoms with E-state index in [2.05, 4.69) is 15.9 Å². The molecule has 0 N–H and O–H groups in total. The van der Waals surface area contributed by atoms with Crippen molar-refractivity contribution in [3.05, 3.63) is 59.7 Å². The third-order valence-corrected chi connectivity index (χ3v) is 3.56. The maximum absolute atomic E-state index is 12.4. The molecular weight excluding hydrogens is 332 g/mol. The molecule has 0 saturated carbocycles. The van der Waals surface area contributed by atoms with Crippen LogP contribution in [-0.4, -0.2) is 24.8 Å². The second-order valence-electron chi connectivity index (χ2n) is 4.45. The molecule has 0 aliphatic heterocycles. The van der Waals surface area contributed by atoms with Gasteiger partial charge in [0.05, 0.1) is 13.7 Å². The highest BCUT2D eigenvalue weighted by Gasteiger charge is 2.12. The summed E-state index contributed by atoms with van der Waals surface area (Å²) in [5, 5.41) is 0.873. The number of carbonyl (C=O) groups is 1. The zero-order valence-corrected chi connectivity index (χ0v) is 13.4. The number of alkyl halides is 1. The van der Waals surface area contributed by atoms with Crippen LogP contribution in [0.1, 0.15) is 22.3 Å². The molecule has 110 valence electrons. The first-order chi connectivity index (χ1) is 10.3. The lowest BCUT2D eigenvalue weighted by atomic mass is 10.0. The van der Waals surface area contributed by atoms with Crippen molar-refractivity contribution in [3.8, 4) is 11.5 Å². The van der Waals surface area contributed by atoms with E-state index < -0.39 is 0 Å². The number of hydrogen-bond donors (Lipinski definition) is 0. The Morgan fingerprint density at radius 2 is 1.81 bits per heavy atom. The van der Waals surface area contributed by atoms with Gasteiger partial charge in [0.1, 0.15) is 0 Å². The molecule has 4 heteroatoms. The summed E-state index contributed by atoms with van der Waals surface area (Å²) in [5.41, 5.74) is 1.25. The van der Waals surface area contributed by atoms with E-state index in [1.807, 2.05) is 18.2 Å². The third kappa shape index (κ3) is 4.08. The molecule has 2 aromatic carbocycles. The molecule has 0 radical (unpaired) electrons. The first-order valence-corrected chi connectivity index (χ1v) is 7.85. The fourth-order valence-corrected chi connectivity index (χ4v) is 2.15. The molecule has 0 aliphatic carbocycles. The van der Waals surface area contributed by atoms with E-state index in [0.717, 1.165) is 11.8 Å². The van der Waals surface area contributed by atoms with Gasteiger partial charge in [-0.1, -0.05) is 46.3 Å². The number of rotatable bonds is 7. The third-order valence-electron chi connectivity index (χ3n) is 3.00. The van der Waals surface area contributed by atoms with Gasteiger partial charge in [-0.25, -0.2) is 0 Å².